The first-order chi connectivity index (χ1) is 10.3. The van der Waals surface area contributed by atoms with Gasteiger partial charge >= 0.3 is 6.18 Å². The maximum atomic E-state index is 13.0. The molecule has 1 heterocycles. The molecule has 1 aromatic rings. The molecular weight excluding hydrogens is 428 g/mol. The molecule has 1 aliphatic heterocycles. The number of rotatable bonds is 4. The Morgan fingerprint density at radius 2 is 1.79 bits per heavy atom. The van der Waals surface area contributed by atoms with Crippen molar-refractivity contribution in [1.29, 1.82) is 0 Å². The second kappa shape index (κ2) is 10.2. The standard InChI is InChI=1S/C16H22BrF3N2.2ClH/c1-3-11(2)15(22-8-6-21-7-9-22)13-10-12(16(18,19)20)4-5-14(13)17;;/h4-5,10-11,15,21H,3,6-9H2,1-2H3;2*1H/t11?,15-;;/m1../s1. The third-order valence-corrected chi connectivity index (χ3v) is 5.09. The molecule has 2 rings (SSSR count). The summed E-state index contributed by atoms with van der Waals surface area (Å²) in [7, 11) is 0. The van der Waals surface area contributed by atoms with Crippen LogP contribution in [0.15, 0.2) is 22.7 Å². The number of alkyl halides is 3. The number of nitrogens with one attached hydrogen (secondary N) is 1. The minimum atomic E-state index is -4.31. The van der Waals surface area contributed by atoms with E-state index in [1.54, 1.807) is 0 Å². The fourth-order valence-corrected chi connectivity index (χ4v) is 3.47. The fourth-order valence-electron chi connectivity index (χ4n) is 2.99. The number of piperazine rings is 1. The van der Waals surface area contributed by atoms with E-state index in [1.165, 1.54) is 12.1 Å². The maximum absolute atomic E-state index is 13.0. The Balaban J connectivity index is 0.00000264. The van der Waals surface area contributed by atoms with Gasteiger partial charge in [-0.1, -0.05) is 36.2 Å². The monoisotopic (exact) mass is 450 g/mol. The number of halogens is 6. The van der Waals surface area contributed by atoms with E-state index in [9.17, 15) is 13.2 Å². The Morgan fingerprint density at radius 3 is 2.29 bits per heavy atom. The Hall–Kier alpha value is -0.0100. The van der Waals surface area contributed by atoms with Gasteiger partial charge < -0.3 is 5.32 Å². The highest BCUT2D eigenvalue weighted by Gasteiger charge is 2.34. The van der Waals surface area contributed by atoms with Gasteiger partial charge in [-0.15, -0.1) is 24.8 Å². The maximum Gasteiger partial charge on any atom is 0.416 e. The van der Waals surface area contributed by atoms with Crippen LogP contribution in [-0.4, -0.2) is 31.1 Å². The number of hydrogen-bond acceptors (Lipinski definition) is 2. The molecule has 1 unspecified atom stereocenters. The molecule has 0 spiro atoms. The third kappa shape index (κ3) is 5.77. The molecule has 2 atom stereocenters. The zero-order chi connectivity index (χ0) is 16.3. The van der Waals surface area contributed by atoms with Gasteiger partial charge in [-0.05, 0) is 29.7 Å². The second-order valence-corrected chi connectivity index (χ2v) is 6.70. The van der Waals surface area contributed by atoms with Gasteiger partial charge in [-0.2, -0.15) is 13.2 Å². The van der Waals surface area contributed by atoms with Crippen molar-refractivity contribution in [3.63, 3.8) is 0 Å². The average molecular weight is 452 g/mol. The summed E-state index contributed by atoms with van der Waals surface area (Å²) in [4.78, 5) is 2.30. The Labute approximate surface area is 162 Å². The molecule has 0 saturated carbocycles. The van der Waals surface area contributed by atoms with Gasteiger partial charge in [-0.25, -0.2) is 0 Å². The number of benzene rings is 1. The van der Waals surface area contributed by atoms with Crippen LogP contribution >= 0.6 is 40.7 Å². The molecule has 140 valence electrons. The largest absolute Gasteiger partial charge is 0.416 e. The predicted molar refractivity (Wildman–Crippen MR) is 100 cm³/mol. The van der Waals surface area contributed by atoms with E-state index < -0.39 is 11.7 Å². The highest BCUT2D eigenvalue weighted by molar-refractivity contribution is 9.10. The third-order valence-electron chi connectivity index (χ3n) is 4.37. The summed E-state index contributed by atoms with van der Waals surface area (Å²) in [5.74, 6) is 0.290. The molecule has 0 amide bonds. The molecule has 0 bridgehead atoms. The van der Waals surface area contributed by atoms with Crippen LogP contribution in [0.1, 0.15) is 37.4 Å². The van der Waals surface area contributed by atoms with Gasteiger partial charge in [-0.3, -0.25) is 4.90 Å². The molecule has 1 N–H and O–H groups in total. The number of nitrogens with zero attached hydrogens (tertiary/aromatic N) is 1. The van der Waals surface area contributed by atoms with Crippen molar-refractivity contribution in [3.8, 4) is 0 Å². The molecule has 8 heteroatoms. The van der Waals surface area contributed by atoms with E-state index in [4.69, 9.17) is 0 Å². The summed E-state index contributed by atoms with van der Waals surface area (Å²) in [6.07, 6.45) is -3.38. The Kier molecular flexibility index (Phi) is 10.2. The summed E-state index contributed by atoms with van der Waals surface area (Å²) < 4.78 is 39.9. The molecule has 1 saturated heterocycles. The predicted octanol–water partition coefficient (Wildman–Crippen LogP) is 5.30. The SMILES string of the molecule is CCC(C)[C@H](c1cc(C(F)(F)F)ccc1Br)N1CCNCC1.Cl.Cl. The van der Waals surface area contributed by atoms with Gasteiger partial charge in [0.1, 0.15) is 0 Å². The molecule has 1 fully saturated rings. The molecule has 0 aromatic heterocycles. The van der Waals surface area contributed by atoms with Gasteiger partial charge in [0, 0.05) is 36.7 Å². The first kappa shape index (κ1) is 24.0. The Morgan fingerprint density at radius 1 is 1.21 bits per heavy atom. The molecule has 24 heavy (non-hydrogen) atoms. The smallest absolute Gasteiger partial charge is 0.314 e. The molecule has 0 aliphatic carbocycles. The van der Waals surface area contributed by atoms with E-state index in [0.29, 0.717) is 0 Å². The zero-order valence-corrected chi connectivity index (χ0v) is 16.9. The number of hydrogen-bond donors (Lipinski definition) is 1. The minimum absolute atomic E-state index is 0. The van der Waals surface area contributed by atoms with Gasteiger partial charge in [0.05, 0.1) is 5.56 Å². The lowest BCUT2D eigenvalue weighted by molar-refractivity contribution is -0.137. The van der Waals surface area contributed by atoms with Crippen LogP contribution in [0.25, 0.3) is 0 Å². The molecule has 0 radical (unpaired) electrons. The average Bonchev–Trinajstić information content (AvgIpc) is 2.49. The molecule has 2 nitrogen and oxygen atoms in total. The minimum Gasteiger partial charge on any atom is -0.314 e. The Bertz CT molecular complexity index is 509. The molecule has 1 aliphatic rings. The van der Waals surface area contributed by atoms with Crippen LogP contribution in [-0.2, 0) is 6.18 Å². The van der Waals surface area contributed by atoms with Gasteiger partial charge in [0.25, 0.3) is 0 Å². The van der Waals surface area contributed by atoms with Crippen molar-refractivity contribution < 1.29 is 13.2 Å². The van der Waals surface area contributed by atoms with E-state index >= 15 is 0 Å². The topological polar surface area (TPSA) is 15.3 Å². The molecular formula is C16H24BrCl2F3N2. The van der Waals surface area contributed by atoms with Crippen molar-refractivity contribution >= 4 is 40.7 Å². The van der Waals surface area contributed by atoms with Crippen LogP contribution in [0, 0.1) is 5.92 Å². The fraction of sp³-hybridized carbons (Fsp3) is 0.625. The molecule has 1 aromatic carbocycles. The normalized spacial score (nSPS) is 18.2. The van der Waals surface area contributed by atoms with E-state index in [1.807, 2.05) is 0 Å². The highest BCUT2D eigenvalue weighted by atomic mass is 79.9. The van der Waals surface area contributed by atoms with Crippen LogP contribution in [0.4, 0.5) is 13.2 Å². The van der Waals surface area contributed by atoms with Gasteiger partial charge in [0.15, 0.2) is 0 Å². The van der Waals surface area contributed by atoms with Crippen molar-refractivity contribution in [2.45, 2.75) is 32.5 Å². The van der Waals surface area contributed by atoms with Crippen molar-refractivity contribution in [1.82, 2.24) is 10.2 Å². The summed E-state index contributed by atoms with van der Waals surface area (Å²) in [6, 6.07) is 3.97. The van der Waals surface area contributed by atoms with Crippen molar-refractivity contribution in [2.24, 2.45) is 5.92 Å². The lowest BCUT2D eigenvalue weighted by Crippen LogP contribution is -2.46. The lowest BCUT2D eigenvalue weighted by Gasteiger charge is -2.39. The quantitative estimate of drug-likeness (QED) is 0.667. The van der Waals surface area contributed by atoms with Crippen LogP contribution in [0.2, 0.25) is 0 Å². The van der Waals surface area contributed by atoms with Crippen LogP contribution in [0.5, 0.6) is 0 Å². The van der Waals surface area contributed by atoms with E-state index in [-0.39, 0.29) is 36.8 Å². The summed E-state index contributed by atoms with van der Waals surface area (Å²) in [6.45, 7) is 7.67. The van der Waals surface area contributed by atoms with Crippen molar-refractivity contribution in [3.05, 3.63) is 33.8 Å². The first-order valence-corrected chi connectivity index (χ1v) is 8.45. The van der Waals surface area contributed by atoms with Crippen molar-refractivity contribution in [2.75, 3.05) is 26.2 Å². The van der Waals surface area contributed by atoms with Gasteiger partial charge in [0.2, 0.25) is 0 Å². The highest BCUT2D eigenvalue weighted by Crippen LogP contribution is 2.39. The zero-order valence-electron chi connectivity index (χ0n) is 13.7. The summed E-state index contributed by atoms with van der Waals surface area (Å²) in [5.41, 5.74) is 0.167. The van der Waals surface area contributed by atoms with E-state index in [2.05, 4.69) is 40.0 Å². The van der Waals surface area contributed by atoms with E-state index in [0.717, 1.165) is 48.7 Å². The lowest BCUT2D eigenvalue weighted by atomic mass is 9.89. The first-order valence-electron chi connectivity index (χ1n) is 7.66. The summed E-state index contributed by atoms with van der Waals surface area (Å²) >= 11 is 3.45. The second-order valence-electron chi connectivity index (χ2n) is 5.85. The van der Waals surface area contributed by atoms with Crippen LogP contribution < -0.4 is 5.32 Å². The van der Waals surface area contributed by atoms with Crippen LogP contribution in [0.3, 0.4) is 0 Å². The summed E-state index contributed by atoms with van der Waals surface area (Å²) in [5, 5.41) is 3.29.